The van der Waals surface area contributed by atoms with Gasteiger partial charge in [0, 0.05) is 11.3 Å². The average Bonchev–Trinajstić information content (AvgIpc) is 3.11. The summed E-state index contributed by atoms with van der Waals surface area (Å²) in [4.78, 5) is 39.5. The van der Waals surface area contributed by atoms with Crippen molar-refractivity contribution in [3.8, 4) is 5.75 Å². The molecule has 1 saturated heterocycles. The Morgan fingerprint density at radius 1 is 0.971 bits per heavy atom. The van der Waals surface area contributed by atoms with Crippen LogP contribution in [-0.4, -0.2) is 35.0 Å². The second-order valence-electron chi connectivity index (χ2n) is 8.50. The van der Waals surface area contributed by atoms with Crippen LogP contribution in [0.5, 0.6) is 5.75 Å². The second-order valence-corrected chi connectivity index (χ2v) is 8.50. The number of aliphatic hydroxyl groups excluding tert-OH is 1. The number of phenolic OH excluding ortho intramolecular Hbond substituents is 1. The number of methoxy groups -OCH3 is 1. The van der Waals surface area contributed by atoms with Crippen molar-refractivity contribution in [3.05, 3.63) is 100 Å². The number of anilines is 1. The molecule has 0 aromatic heterocycles. The molecule has 1 heterocycles. The number of rotatable bonds is 5. The van der Waals surface area contributed by atoms with Crippen LogP contribution >= 0.6 is 0 Å². The summed E-state index contributed by atoms with van der Waals surface area (Å²) in [6.45, 7) is 3.70. The molecule has 1 amide bonds. The van der Waals surface area contributed by atoms with E-state index in [4.69, 9.17) is 4.74 Å². The number of ketones is 1. The fraction of sp³-hybridized carbons (Fsp3) is 0.179. The number of aromatic hydroxyl groups is 1. The molecule has 0 aliphatic carbocycles. The third-order valence-electron chi connectivity index (χ3n) is 6.09. The molecule has 0 spiro atoms. The highest BCUT2D eigenvalue weighted by molar-refractivity contribution is 6.51. The van der Waals surface area contributed by atoms with Gasteiger partial charge in [-0.25, -0.2) is 0 Å². The maximum absolute atomic E-state index is 13.3. The monoisotopic (exact) mass is 471 g/mol. The molecule has 1 aliphatic heterocycles. The molecular formula is C28H25NO6. The summed E-state index contributed by atoms with van der Waals surface area (Å²) in [5.74, 6) is -2.20. The Balaban J connectivity index is 1.87. The van der Waals surface area contributed by atoms with E-state index in [-0.39, 0.29) is 23.5 Å². The van der Waals surface area contributed by atoms with Crippen molar-refractivity contribution in [2.75, 3.05) is 12.0 Å². The number of carbonyl (C=O) groups excluding carboxylic acids is 3. The number of hydrogen-bond acceptors (Lipinski definition) is 6. The number of aryl methyl sites for hydroxylation is 2. The maximum Gasteiger partial charge on any atom is 0.309 e. The number of nitrogens with zero attached hydrogens (tertiary/aromatic N) is 1. The van der Waals surface area contributed by atoms with Crippen LogP contribution in [0.1, 0.15) is 33.9 Å². The summed E-state index contributed by atoms with van der Waals surface area (Å²) in [7, 11) is 1.31. The summed E-state index contributed by atoms with van der Waals surface area (Å²) >= 11 is 0. The van der Waals surface area contributed by atoms with E-state index in [1.54, 1.807) is 42.5 Å². The van der Waals surface area contributed by atoms with E-state index < -0.39 is 23.7 Å². The average molecular weight is 472 g/mol. The van der Waals surface area contributed by atoms with Gasteiger partial charge in [-0.05, 0) is 60.9 Å². The molecule has 1 unspecified atom stereocenters. The summed E-state index contributed by atoms with van der Waals surface area (Å²) < 4.78 is 4.70. The Labute approximate surface area is 202 Å². The predicted molar refractivity (Wildman–Crippen MR) is 131 cm³/mol. The van der Waals surface area contributed by atoms with Gasteiger partial charge in [0.15, 0.2) is 0 Å². The number of aliphatic hydroxyl groups is 1. The van der Waals surface area contributed by atoms with Gasteiger partial charge in [0.1, 0.15) is 11.5 Å². The third-order valence-corrected chi connectivity index (χ3v) is 6.09. The van der Waals surface area contributed by atoms with Crippen molar-refractivity contribution < 1.29 is 29.3 Å². The Bertz CT molecular complexity index is 1340. The van der Waals surface area contributed by atoms with Gasteiger partial charge in [-0.1, -0.05) is 42.0 Å². The number of ether oxygens (including phenoxy) is 1. The van der Waals surface area contributed by atoms with Crippen molar-refractivity contribution in [1.29, 1.82) is 0 Å². The van der Waals surface area contributed by atoms with Gasteiger partial charge in [0.05, 0.1) is 25.1 Å². The summed E-state index contributed by atoms with van der Waals surface area (Å²) in [5.41, 5.74) is 3.76. The van der Waals surface area contributed by atoms with Gasteiger partial charge in [-0.2, -0.15) is 0 Å². The van der Waals surface area contributed by atoms with E-state index in [1.165, 1.54) is 24.1 Å². The van der Waals surface area contributed by atoms with Crippen LogP contribution in [0.4, 0.5) is 5.69 Å². The van der Waals surface area contributed by atoms with E-state index in [0.717, 1.165) is 11.1 Å². The first-order valence-corrected chi connectivity index (χ1v) is 11.0. The second kappa shape index (κ2) is 9.46. The first-order chi connectivity index (χ1) is 16.7. The lowest BCUT2D eigenvalue weighted by Crippen LogP contribution is -2.29. The first kappa shape index (κ1) is 23.8. The van der Waals surface area contributed by atoms with Crippen LogP contribution in [0.3, 0.4) is 0 Å². The minimum Gasteiger partial charge on any atom is -0.508 e. The number of carbonyl (C=O) groups is 3. The first-order valence-electron chi connectivity index (χ1n) is 11.0. The quantitative estimate of drug-likeness (QED) is 0.248. The summed E-state index contributed by atoms with van der Waals surface area (Å²) in [6.07, 6.45) is 0.0730. The smallest absolute Gasteiger partial charge is 0.309 e. The molecule has 3 aromatic rings. The Morgan fingerprint density at radius 2 is 1.63 bits per heavy atom. The number of esters is 1. The van der Waals surface area contributed by atoms with Gasteiger partial charge < -0.3 is 14.9 Å². The van der Waals surface area contributed by atoms with Crippen molar-refractivity contribution in [1.82, 2.24) is 0 Å². The van der Waals surface area contributed by atoms with Gasteiger partial charge in [-0.3, -0.25) is 19.3 Å². The summed E-state index contributed by atoms with van der Waals surface area (Å²) in [6, 6.07) is 17.4. The Morgan fingerprint density at radius 3 is 2.26 bits per heavy atom. The minimum absolute atomic E-state index is 0.0342. The Kier molecular flexibility index (Phi) is 6.42. The minimum atomic E-state index is -0.915. The van der Waals surface area contributed by atoms with Gasteiger partial charge >= 0.3 is 5.97 Å². The van der Waals surface area contributed by atoms with Gasteiger partial charge in [0.2, 0.25) is 0 Å². The zero-order valence-electron chi connectivity index (χ0n) is 19.6. The largest absolute Gasteiger partial charge is 0.508 e. The molecule has 3 aromatic carbocycles. The fourth-order valence-corrected chi connectivity index (χ4v) is 4.22. The molecule has 0 bridgehead atoms. The number of hydrogen-bond donors (Lipinski definition) is 2. The maximum atomic E-state index is 13.3. The van der Waals surface area contributed by atoms with Crippen LogP contribution in [-0.2, 0) is 25.5 Å². The lowest BCUT2D eigenvalue weighted by molar-refractivity contribution is -0.139. The molecule has 35 heavy (non-hydrogen) atoms. The molecule has 1 atom stereocenters. The molecule has 178 valence electrons. The van der Waals surface area contributed by atoms with Gasteiger partial charge in [-0.15, -0.1) is 0 Å². The van der Waals surface area contributed by atoms with E-state index in [9.17, 15) is 24.6 Å². The highest BCUT2D eigenvalue weighted by atomic mass is 16.5. The van der Waals surface area contributed by atoms with E-state index >= 15 is 0 Å². The Hall–Kier alpha value is -4.39. The fourth-order valence-electron chi connectivity index (χ4n) is 4.22. The number of Topliss-reactive ketones (excluding diaryl/α,β-unsaturated/α-hetero) is 1. The number of benzene rings is 3. The number of phenols is 1. The molecule has 1 fully saturated rings. The van der Waals surface area contributed by atoms with Crippen LogP contribution in [0.25, 0.3) is 5.76 Å². The molecule has 2 N–H and O–H groups in total. The van der Waals surface area contributed by atoms with E-state index in [1.807, 2.05) is 26.0 Å². The number of amides is 1. The topological polar surface area (TPSA) is 104 Å². The molecular weight excluding hydrogens is 446 g/mol. The van der Waals surface area contributed by atoms with Crippen molar-refractivity contribution >= 4 is 29.1 Å². The van der Waals surface area contributed by atoms with Crippen molar-refractivity contribution in [2.45, 2.75) is 26.3 Å². The predicted octanol–water partition coefficient (Wildman–Crippen LogP) is 4.35. The van der Waals surface area contributed by atoms with Crippen LogP contribution in [0.15, 0.2) is 72.3 Å². The zero-order chi connectivity index (χ0) is 25.3. The van der Waals surface area contributed by atoms with E-state index in [0.29, 0.717) is 22.4 Å². The summed E-state index contributed by atoms with van der Waals surface area (Å²) in [5, 5.41) is 21.1. The zero-order valence-corrected chi connectivity index (χ0v) is 19.6. The third kappa shape index (κ3) is 4.53. The highest BCUT2D eigenvalue weighted by Crippen LogP contribution is 2.42. The van der Waals surface area contributed by atoms with Crippen LogP contribution < -0.4 is 4.90 Å². The normalized spacial score (nSPS) is 17.0. The molecule has 7 heteroatoms. The highest BCUT2D eigenvalue weighted by Gasteiger charge is 2.47. The molecule has 0 radical (unpaired) electrons. The molecule has 1 aliphatic rings. The van der Waals surface area contributed by atoms with Crippen LogP contribution in [0.2, 0.25) is 0 Å². The lowest BCUT2D eigenvalue weighted by Gasteiger charge is -2.26. The van der Waals surface area contributed by atoms with Crippen molar-refractivity contribution in [2.24, 2.45) is 0 Å². The SMILES string of the molecule is COC(=O)Cc1ccc(N2C(=O)C(=O)/C(=C(/O)c3cc(C)ccc3C)C2c2ccc(O)cc2)cc1. The molecule has 0 saturated carbocycles. The molecule has 4 rings (SSSR count). The standard InChI is InChI=1S/C28H25NO6/c1-16-4-5-17(2)22(14-16)26(32)24-25(19-8-12-21(30)13-9-19)29(28(34)27(24)33)20-10-6-18(7-11-20)15-23(31)35-3/h4-14,25,30,32H,15H2,1-3H3/b26-24+. The van der Waals surface area contributed by atoms with Gasteiger partial charge in [0.25, 0.3) is 11.7 Å². The lowest BCUT2D eigenvalue weighted by atomic mass is 9.93. The van der Waals surface area contributed by atoms with E-state index in [2.05, 4.69) is 0 Å². The van der Waals surface area contributed by atoms with Crippen molar-refractivity contribution in [3.63, 3.8) is 0 Å². The molecule has 7 nitrogen and oxygen atoms in total. The van der Waals surface area contributed by atoms with Crippen LogP contribution in [0, 0.1) is 13.8 Å².